The first-order valence-electron chi connectivity index (χ1n) is 4.72. The number of allylic oxidation sites excluding steroid dienone is 2. The molecule has 2 nitrogen and oxygen atoms in total. The first-order valence-corrected chi connectivity index (χ1v) is 5.70. The average molecular weight is 198 g/mol. The summed E-state index contributed by atoms with van der Waals surface area (Å²) in [6.07, 6.45) is 4.16. The zero-order valence-corrected chi connectivity index (χ0v) is 8.65. The van der Waals surface area contributed by atoms with Gasteiger partial charge in [-0.25, -0.2) is 0 Å². The van der Waals surface area contributed by atoms with Gasteiger partial charge in [0.2, 0.25) is 0 Å². The second kappa shape index (κ2) is 3.37. The van der Waals surface area contributed by atoms with E-state index in [0.29, 0.717) is 0 Å². The molecule has 0 aromatic carbocycles. The number of aldehydes is 1. The van der Waals surface area contributed by atoms with Crippen molar-refractivity contribution in [3.8, 4) is 0 Å². The summed E-state index contributed by atoms with van der Waals surface area (Å²) >= 11 is 1.80. The Balaban J connectivity index is 2.35. The van der Waals surface area contributed by atoms with E-state index in [0.717, 1.165) is 43.7 Å². The molecule has 3 heteroatoms. The summed E-state index contributed by atoms with van der Waals surface area (Å²) in [7, 11) is 0. The summed E-state index contributed by atoms with van der Waals surface area (Å²) in [5.74, 6) is 2.07. The number of hydrogen-bond acceptors (Lipinski definition) is 3. The molecule has 0 amide bonds. The van der Waals surface area contributed by atoms with E-state index < -0.39 is 0 Å². The van der Waals surface area contributed by atoms with Crippen molar-refractivity contribution in [2.45, 2.75) is 26.2 Å². The molecular formula is C10H14O2S. The monoisotopic (exact) mass is 198 g/mol. The van der Waals surface area contributed by atoms with Crippen molar-refractivity contribution in [2.24, 2.45) is 5.41 Å². The van der Waals surface area contributed by atoms with Crippen molar-refractivity contribution in [1.29, 1.82) is 0 Å². The van der Waals surface area contributed by atoms with Crippen LogP contribution in [0, 0.1) is 5.41 Å². The number of rotatable bonds is 1. The number of carbonyl (C=O) groups excluding carboxylic acids is 1. The lowest BCUT2D eigenvalue weighted by atomic mass is 9.81. The average Bonchev–Trinajstić information content (AvgIpc) is 2.19. The van der Waals surface area contributed by atoms with Crippen LogP contribution >= 0.6 is 11.8 Å². The van der Waals surface area contributed by atoms with Crippen molar-refractivity contribution < 1.29 is 9.53 Å². The van der Waals surface area contributed by atoms with Crippen molar-refractivity contribution in [1.82, 2.24) is 0 Å². The zero-order valence-electron chi connectivity index (χ0n) is 7.84. The Kier molecular flexibility index (Phi) is 2.37. The minimum Gasteiger partial charge on any atom is -0.496 e. The molecule has 0 N–H and O–H groups in total. The maximum Gasteiger partial charge on any atom is 0.130 e. The van der Waals surface area contributed by atoms with Gasteiger partial charge >= 0.3 is 0 Å². The smallest absolute Gasteiger partial charge is 0.130 e. The summed E-state index contributed by atoms with van der Waals surface area (Å²) in [5.41, 5.74) is -0.251. The van der Waals surface area contributed by atoms with Crippen molar-refractivity contribution in [3.63, 3.8) is 0 Å². The maximum absolute atomic E-state index is 11.0. The Morgan fingerprint density at radius 2 is 2.46 bits per heavy atom. The van der Waals surface area contributed by atoms with Crippen molar-refractivity contribution >= 4 is 18.0 Å². The lowest BCUT2D eigenvalue weighted by molar-refractivity contribution is -0.114. The third kappa shape index (κ3) is 1.50. The SMILES string of the molecule is CC1(C=O)CCCC2=C1SCCO2. The first-order chi connectivity index (χ1) is 6.26. The van der Waals surface area contributed by atoms with E-state index in [2.05, 4.69) is 0 Å². The van der Waals surface area contributed by atoms with E-state index in [1.54, 1.807) is 11.8 Å². The van der Waals surface area contributed by atoms with Gasteiger partial charge in [0, 0.05) is 17.1 Å². The normalized spacial score (nSPS) is 33.6. The fourth-order valence-corrected chi connectivity index (χ4v) is 3.14. The van der Waals surface area contributed by atoms with E-state index in [1.807, 2.05) is 6.92 Å². The van der Waals surface area contributed by atoms with Crippen LogP contribution in [0.25, 0.3) is 0 Å². The van der Waals surface area contributed by atoms with E-state index >= 15 is 0 Å². The molecule has 0 bridgehead atoms. The third-order valence-electron chi connectivity index (χ3n) is 2.74. The molecule has 2 aliphatic rings. The fraction of sp³-hybridized carbons (Fsp3) is 0.700. The molecule has 13 heavy (non-hydrogen) atoms. The highest BCUT2D eigenvalue weighted by molar-refractivity contribution is 8.03. The molecule has 1 heterocycles. The Hall–Kier alpha value is -0.440. The molecule has 0 radical (unpaired) electrons. The minimum absolute atomic E-state index is 0.251. The number of ether oxygens (including phenoxy) is 1. The molecule has 1 unspecified atom stereocenters. The Bertz CT molecular complexity index is 256. The molecule has 2 rings (SSSR count). The van der Waals surface area contributed by atoms with Gasteiger partial charge in [-0.15, -0.1) is 11.8 Å². The van der Waals surface area contributed by atoms with Crippen LogP contribution in [0.1, 0.15) is 26.2 Å². The zero-order chi connectivity index (χ0) is 9.31. The fourth-order valence-electron chi connectivity index (χ4n) is 1.97. The molecule has 72 valence electrons. The first kappa shape index (κ1) is 9.13. The van der Waals surface area contributed by atoms with E-state index in [1.165, 1.54) is 4.91 Å². The predicted molar refractivity (Wildman–Crippen MR) is 53.5 cm³/mol. The van der Waals surface area contributed by atoms with Crippen LogP contribution < -0.4 is 0 Å². The van der Waals surface area contributed by atoms with Crippen LogP contribution in [0.2, 0.25) is 0 Å². The van der Waals surface area contributed by atoms with Crippen LogP contribution in [0.3, 0.4) is 0 Å². The van der Waals surface area contributed by atoms with Crippen LogP contribution in [0.15, 0.2) is 10.7 Å². The summed E-state index contributed by atoms with van der Waals surface area (Å²) < 4.78 is 5.58. The highest BCUT2D eigenvalue weighted by Gasteiger charge is 2.36. The van der Waals surface area contributed by atoms with Crippen LogP contribution in [0.4, 0.5) is 0 Å². The molecular weight excluding hydrogens is 184 g/mol. The maximum atomic E-state index is 11.0. The van der Waals surface area contributed by atoms with E-state index in [-0.39, 0.29) is 5.41 Å². The van der Waals surface area contributed by atoms with Gasteiger partial charge in [0.1, 0.15) is 12.0 Å². The van der Waals surface area contributed by atoms with Crippen molar-refractivity contribution in [2.75, 3.05) is 12.4 Å². The largest absolute Gasteiger partial charge is 0.496 e. The van der Waals surface area contributed by atoms with Gasteiger partial charge in [0.05, 0.1) is 12.0 Å². The summed E-state index contributed by atoms with van der Waals surface area (Å²) in [5, 5.41) is 0. The van der Waals surface area contributed by atoms with Crippen molar-refractivity contribution in [3.05, 3.63) is 10.7 Å². The highest BCUT2D eigenvalue weighted by Crippen LogP contribution is 2.46. The Morgan fingerprint density at radius 3 is 3.23 bits per heavy atom. The van der Waals surface area contributed by atoms with Gasteiger partial charge in [-0.1, -0.05) is 0 Å². The summed E-state index contributed by atoms with van der Waals surface area (Å²) in [6.45, 7) is 2.83. The second-order valence-corrected chi connectivity index (χ2v) is 4.94. The molecule has 1 aliphatic heterocycles. The third-order valence-corrected chi connectivity index (χ3v) is 4.09. The lowest BCUT2D eigenvalue weighted by Gasteiger charge is -2.35. The predicted octanol–water partition coefficient (Wildman–Crippen LogP) is 2.35. The van der Waals surface area contributed by atoms with Gasteiger partial charge in [0.25, 0.3) is 0 Å². The molecule has 0 aromatic rings. The molecule has 0 saturated carbocycles. The quantitative estimate of drug-likeness (QED) is 0.605. The Morgan fingerprint density at radius 1 is 1.62 bits per heavy atom. The van der Waals surface area contributed by atoms with Crippen LogP contribution in [0.5, 0.6) is 0 Å². The summed E-state index contributed by atoms with van der Waals surface area (Å²) in [4.78, 5) is 12.2. The van der Waals surface area contributed by atoms with Gasteiger partial charge in [-0.3, -0.25) is 0 Å². The van der Waals surface area contributed by atoms with E-state index in [4.69, 9.17) is 4.74 Å². The second-order valence-electron chi connectivity index (χ2n) is 3.84. The topological polar surface area (TPSA) is 26.3 Å². The number of carbonyl (C=O) groups is 1. The lowest BCUT2D eigenvalue weighted by Crippen LogP contribution is -2.27. The molecule has 1 aliphatic carbocycles. The minimum atomic E-state index is -0.251. The van der Waals surface area contributed by atoms with Crippen LogP contribution in [-0.2, 0) is 9.53 Å². The highest BCUT2D eigenvalue weighted by atomic mass is 32.2. The Labute approximate surface area is 82.7 Å². The van der Waals surface area contributed by atoms with Crippen LogP contribution in [-0.4, -0.2) is 18.6 Å². The van der Waals surface area contributed by atoms with Gasteiger partial charge in [-0.2, -0.15) is 0 Å². The molecule has 0 saturated heterocycles. The molecule has 0 spiro atoms. The van der Waals surface area contributed by atoms with Gasteiger partial charge < -0.3 is 9.53 Å². The van der Waals surface area contributed by atoms with E-state index in [9.17, 15) is 4.79 Å². The number of thioether (sulfide) groups is 1. The standard InChI is InChI=1S/C10H14O2S/c1-10(7-11)4-2-3-8-9(10)13-6-5-12-8/h7H,2-6H2,1H3. The summed E-state index contributed by atoms with van der Waals surface area (Å²) in [6, 6.07) is 0. The van der Waals surface area contributed by atoms with Gasteiger partial charge in [0.15, 0.2) is 0 Å². The number of hydrogen-bond donors (Lipinski definition) is 0. The molecule has 0 aromatic heterocycles. The van der Waals surface area contributed by atoms with Gasteiger partial charge in [-0.05, 0) is 19.8 Å². The molecule has 0 fully saturated rings. The molecule has 1 atom stereocenters.